The summed E-state index contributed by atoms with van der Waals surface area (Å²) in [6.07, 6.45) is 1.33. The van der Waals surface area contributed by atoms with Gasteiger partial charge in [-0.3, -0.25) is 14.9 Å². The highest BCUT2D eigenvalue weighted by molar-refractivity contribution is 7.12. The lowest BCUT2D eigenvalue weighted by molar-refractivity contribution is -0.384. The van der Waals surface area contributed by atoms with Gasteiger partial charge in [-0.15, -0.1) is 11.3 Å². The Morgan fingerprint density at radius 2 is 1.84 bits per heavy atom. The Balaban J connectivity index is 2.14. The van der Waals surface area contributed by atoms with Gasteiger partial charge in [0, 0.05) is 11.6 Å². The van der Waals surface area contributed by atoms with Crippen molar-refractivity contribution in [3.05, 3.63) is 44.1 Å². The molecule has 0 aliphatic heterocycles. The molecule has 0 radical (unpaired) electrons. The van der Waals surface area contributed by atoms with Crippen LogP contribution < -0.4 is 19.6 Å². The van der Waals surface area contributed by atoms with E-state index in [1.807, 2.05) is 0 Å². The second kappa shape index (κ2) is 8.11. The number of hydrogen-bond acceptors (Lipinski definition) is 8. The molecule has 0 atom stereocenters. The van der Waals surface area contributed by atoms with E-state index < -0.39 is 10.8 Å². The Bertz CT molecular complexity index is 792. The number of carbonyl (C=O) groups is 1. The summed E-state index contributed by atoms with van der Waals surface area (Å²) in [7, 11) is 4.35. The van der Waals surface area contributed by atoms with E-state index in [2.05, 4.69) is 10.5 Å². The largest absolute Gasteiger partial charge is 0.493 e. The van der Waals surface area contributed by atoms with Gasteiger partial charge in [0.25, 0.3) is 11.6 Å². The molecule has 0 fully saturated rings. The zero-order chi connectivity index (χ0) is 18.4. The van der Waals surface area contributed by atoms with E-state index in [0.29, 0.717) is 22.1 Å². The van der Waals surface area contributed by atoms with Crippen molar-refractivity contribution in [1.29, 1.82) is 0 Å². The molecule has 1 N–H and O–H groups in total. The number of hydrazone groups is 1. The van der Waals surface area contributed by atoms with Crippen molar-refractivity contribution >= 4 is 29.1 Å². The molecule has 132 valence electrons. The molecule has 1 amide bonds. The standard InChI is InChI=1S/C15H15N3O6S/c1-22-12-4-9(5-13(23-2)14(12)24-3)15(19)17-16-7-11-6-10(8-25-11)18(20)21/h4-8H,1-3H3,(H,17,19)/b16-7+. The Morgan fingerprint density at radius 1 is 1.20 bits per heavy atom. The number of nitrogens with zero attached hydrogens (tertiary/aromatic N) is 2. The molecule has 10 heteroatoms. The topological polar surface area (TPSA) is 112 Å². The zero-order valence-electron chi connectivity index (χ0n) is 13.6. The first-order valence-corrected chi connectivity index (χ1v) is 7.74. The van der Waals surface area contributed by atoms with Crippen LogP contribution in [0.25, 0.3) is 0 Å². The lowest BCUT2D eigenvalue weighted by atomic mass is 10.1. The van der Waals surface area contributed by atoms with E-state index in [0.717, 1.165) is 11.3 Å². The van der Waals surface area contributed by atoms with Crippen LogP contribution in [0.1, 0.15) is 15.2 Å². The molecule has 1 aromatic carbocycles. The van der Waals surface area contributed by atoms with Crippen molar-refractivity contribution in [3.8, 4) is 17.2 Å². The molecule has 0 unspecified atom stereocenters. The molecule has 0 saturated heterocycles. The second-order valence-electron chi connectivity index (χ2n) is 4.58. The number of methoxy groups -OCH3 is 3. The Morgan fingerprint density at radius 3 is 2.32 bits per heavy atom. The molecule has 0 aliphatic carbocycles. The second-order valence-corrected chi connectivity index (χ2v) is 5.52. The number of amides is 1. The summed E-state index contributed by atoms with van der Waals surface area (Å²) in [6.45, 7) is 0. The third kappa shape index (κ3) is 4.23. The number of rotatable bonds is 7. The Kier molecular flexibility index (Phi) is 5.90. The molecule has 0 spiro atoms. The van der Waals surface area contributed by atoms with Gasteiger partial charge in [0.05, 0.1) is 42.7 Å². The number of ether oxygens (including phenoxy) is 3. The van der Waals surface area contributed by atoms with E-state index in [1.54, 1.807) is 0 Å². The van der Waals surface area contributed by atoms with Crippen LogP contribution in [-0.4, -0.2) is 38.4 Å². The first-order valence-electron chi connectivity index (χ1n) is 6.86. The van der Waals surface area contributed by atoms with E-state index in [4.69, 9.17) is 14.2 Å². The van der Waals surface area contributed by atoms with Gasteiger partial charge >= 0.3 is 0 Å². The number of nitrogens with one attached hydrogen (secondary N) is 1. The van der Waals surface area contributed by atoms with Crippen molar-refractivity contribution in [3.63, 3.8) is 0 Å². The Labute approximate surface area is 147 Å². The van der Waals surface area contributed by atoms with Gasteiger partial charge in [-0.2, -0.15) is 5.10 Å². The summed E-state index contributed by atoms with van der Waals surface area (Å²) in [4.78, 5) is 22.9. The smallest absolute Gasteiger partial charge is 0.280 e. The van der Waals surface area contributed by atoms with E-state index in [-0.39, 0.29) is 11.3 Å². The van der Waals surface area contributed by atoms with Crippen molar-refractivity contribution in [1.82, 2.24) is 5.43 Å². The van der Waals surface area contributed by atoms with Crippen molar-refractivity contribution in [2.45, 2.75) is 0 Å². The van der Waals surface area contributed by atoms with Crippen LogP contribution in [0.15, 0.2) is 28.7 Å². The normalized spacial score (nSPS) is 10.5. The van der Waals surface area contributed by atoms with Gasteiger partial charge in [-0.1, -0.05) is 0 Å². The molecular formula is C15H15N3O6S. The molecule has 2 rings (SSSR count). The Hall–Kier alpha value is -3.14. The summed E-state index contributed by atoms with van der Waals surface area (Å²) < 4.78 is 15.6. The molecule has 1 aromatic heterocycles. The highest BCUT2D eigenvalue weighted by atomic mass is 32.1. The first kappa shape index (κ1) is 18.2. The molecule has 0 saturated carbocycles. The monoisotopic (exact) mass is 365 g/mol. The van der Waals surface area contributed by atoms with E-state index in [9.17, 15) is 14.9 Å². The number of nitro groups is 1. The number of carbonyl (C=O) groups excluding carboxylic acids is 1. The molecular weight excluding hydrogens is 350 g/mol. The summed E-state index contributed by atoms with van der Waals surface area (Å²) in [5, 5.41) is 15.8. The summed E-state index contributed by atoms with van der Waals surface area (Å²) >= 11 is 1.14. The fourth-order valence-electron chi connectivity index (χ4n) is 1.94. The van der Waals surface area contributed by atoms with Gasteiger partial charge in [-0.25, -0.2) is 5.43 Å². The maximum Gasteiger partial charge on any atom is 0.280 e. The molecule has 0 bridgehead atoms. The SMILES string of the molecule is COc1cc(C(=O)N/N=C/c2cc([N+](=O)[O-])cs2)cc(OC)c1OC. The third-order valence-corrected chi connectivity index (χ3v) is 3.96. The minimum Gasteiger partial charge on any atom is -0.493 e. The number of benzene rings is 1. The minimum atomic E-state index is -0.499. The molecule has 25 heavy (non-hydrogen) atoms. The highest BCUT2D eigenvalue weighted by Gasteiger charge is 2.16. The van der Waals surface area contributed by atoms with Crippen LogP contribution in [-0.2, 0) is 0 Å². The van der Waals surface area contributed by atoms with Gasteiger partial charge in [-0.05, 0) is 12.1 Å². The van der Waals surface area contributed by atoms with Crippen LogP contribution in [0.5, 0.6) is 17.2 Å². The van der Waals surface area contributed by atoms with Gasteiger partial charge in [0.15, 0.2) is 11.5 Å². The van der Waals surface area contributed by atoms with Gasteiger partial charge < -0.3 is 14.2 Å². The van der Waals surface area contributed by atoms with Crippen molar-refractivity contribution < 1.29 is 23.9 Å². The fourth-order valence-corrected chi connectivity index (χ4v) is 2.65. The zero-order valence-corrected chi connectivity index (χ0v) is 14.5. The van der Waals surface area contributed by atoms with E-state index in [1.165, 1.54) is 51.1 Å². The first-order chi connectivity index (χ1) is 12.0. The predicted octanol–water partition coefficient (Wildman–Crippen LogP) is 2.45. The quantitative estimate of drug-likeness (QED) is 0.458. The summed E-state index contributed by atoms with van der Waals surface area (Å²) in [6, 6.07) is 4.34. The summed E-state index contributed by atoms with van der Waals surface area (Å²) in [5.41, 5.74) is 2.57. The van der Waals surface area contributed by atoms with Crippen LogP contribution in [0, 0.1) is 10.1 Å². The van der Waals surface area contributed by atoms with Crippen LogP contribution >= 0.6 is 11.3 Å². The lowest BCUT2D eigenvalue weighted by Gasteiger charge is -2.13. The predicted molar refractivity (Wildman–Crippen MR) is 92.1 cm³/mol. The molecule has 1 heterocycles. The van der Waals surface area contributed by atoms with Crippen LogP contribution in [0.2, 0.25) is 0 Å². The van der Waals surface area contributed by atoms with Crippen molar-refractivity contribution in [2.24, 2.45) is 5.10 Å². The molecule has 0 aliphatic rings. The van der Waals surface area contributed by atoms with Crippen LogP contribution in [0.4, 0.5) is 5.69 Å². The third-order valence-electron chi connectivity index (χ3n) is 3.10. The summed E-state index contributed by atoms with van der Waals surface area (Å²) in [5.74, 6) is 0.548. The lowest BCUT2D eigenvalue weighted by Crippen LogP contribution is -2.17. The minimum absolute atomic E-state index is 0.0256. The van der Waals surface area contributed by atoms with Gasteiger partial charge in [0.2, 0.25) is 5.75 Å². The van der Waals surface area contributed by atoms with Crippen molar-refractivity contribution in [2.75, 3.05) is 21.3 Å². The number of thiophene rings is 1. The van der Waals surface area contributed by atoms with Crippen LogP contribution in [0.3, 0.4) is 0 Å². The highest BCUT2D eigenvalue weighted by Crippen LogP contribution is 2.38. The molecule has 2 aromatic rings. The average molecular weight is 365 g/mol. The maximum atomic E-state index is 12.2. The number of hydrogen-bond donors (Lipinski definition) is 1. The van der Waals surface area contributed by atoms with Gasteiger partial charge in [0.1, 0.15) is 0 Å². The average Bonchev–Trinajstić information content (AvgIpc) is 3.09. The molecule has 9 nitrogen and oxygen atoms in total. The fraction of sp³-hybridized carbons (Fsp3) is 0.200. The maximum absolute atomic E-state index is 12.2. The van der Waals surface area contributed by atoms with E-state index >= 15 is 0 Å².